The molecule has 1 heterocycles. The number of amides is 1. The fraction of sp³-hybridized carbons (Fsp3) is 0.278. The van der Waals surface area contributed by atoms with Gasteiger partial charge in [-0.1, -0.05) is 24.3 Å². The van der Waals surface area contributed by atoms with Gasteiger partial charge in [-0.05, 0) is 35.7 Å². The summed E-state index contributed by atoms with van der Waals surface area (Å²) in [6.07, 6.45) is -4.07. The average molecular weight is 350 g/mol. The minimum Gasteiger partial charge on any atom is -0.392 e. The summed E-state index contributed by atoms with van der Waals surface area (Å²) >= 11 is 0. The van der Waals surface area contributed by atoms with E-state index in [0.717, 1.165) is 17.3 Å². The second kappa shape index (κ2) is 6.76. The van der Waals surface area contributed by atoms with Gasteiger partial charge in [0.05, 0.1) is 18.1 Å². The molecular formula is C18H17F3N2O2. The molecule has 0 radical (unpaired) electrons. The topological polar surface area (TPSA) is 61.4 Å². The molecule has 1 unspecified atom stereocenters. The number of anilines is 2. The lowest BCUT2D eigenvalue weighted by Gasteiger charge is -2.25. The van der Waals surface area contributed by atoms with Gasteiger partial charge in [0.15, 0.2) is 0 Å². The van der Waals surface area contributed by atoms with Crippen molar-refractivity contribution in [3.05, 3.63) is 59.2 Å². The predicted octanol–water partition coefficient (Wildman–Crippen LogP) is 3.42. The number of alkyl halides is 3. The zero-order valence-corrected chi connectivity index (χ0v) is 13.2. The summed E-state index contributed by atoms with van der Waals surface area (Å²) in [4.78, 5) is 12.4. The Balaban J connectivity index is 1.76. The van der Waals surface area contributed by atoms with E-state index in [4.69, 9.17) is 5.11 Å². The molecule has 1 amide bonds. The number of rotatable bonds is 3. The summed E-state index contributed by atoms with van der Waals surface area (Å²) in [5, 5.41) is 14.8. The van der Waals surface area contributed by atoms with Crippen molar-refractivity contribution in [1.82, 2.24) is 0 Å². The number of hydrogen-bond acceptors (Lipinski definition) is 3. The molecule has 0 spiro atoms. The fourth-order valence-electron chi connectivity index (χ4n) is 2.93. The molecule has 1 aliphatic heterocycles. The Morgan fingerprint density at radius 3 is 2.72 bits per heavy atom. The molecule has 1 atom stereocenters. The molecule has 7 heteroatoms. The number of aliphatic hydroxyl groups is 1. The molecule has 0 fully saturated rings. The molecule has 4 nitrogen and oxygen atoms in total. The van der Waals surface area contributed by atoms with E-state index in [-0.39, 0.29) is 23.1 Å². The van der Waals surface area contributed by atoms with Crippen LogP contribution < -0.4 is 10.6 Å². The van der Waals surface area contributed by atoms with Crippen LogP contribution >= 0.6 is 0 Å². The summed E-state index contributed by atoms with van der Waals surface area (Å²) in [6, 6.07) is 11.0. The third-order valence-corrected chi connectivity index (χ3v) is 4.25. The summed E-state index contributed by atoms with van der Waals surface area (Å²) in [5.41, 5.74) is 0.866. The number of halogens is 3. The molecule has 0 saturated carbocycles. The van der Waals surface area contributed by atoms with Gasteiger partial charge >= 0.3 is 6.18 Å². The van der Waals surface area contributed by atoms with Crippen LogP contribution in [-0.2, 0) is 24.0 Å². The van der Waals surface area contributed by atoms with Crippen LogP contribution in [0, 0.1) is 5.92 Å². The van der Waals surface area contributed by atoms with E-state index in [9.17, 15) is 18.0 Å². The maximum absolute atomic E-state index is 13.0. The van der Waals surface area contributed by atoms with Gasteiger partial charge in [0, 0.05) is 17.9 Å². The second-order valence-electron chi connectivity index (χ2n) is 5.96. The van der Waals surface area contributed by atoms with Crippen LogP contribution in [0.15, 0.2) is 42.5 Å². The van der Waals surface area contributed by atoms with Crippen molar-refractivity contribution in [1.29, 1.82) is 0 Å². The van der Waals surface area contributed by atoms with E-state index in [0.29, 0.717) is 13.0 Å². The highest BCUT2D eigenvalue weighted by Crippen LogP contribution is 2.34. The van der Waals surface area contributed by atoms with Crippen molar-refractivity contribution < 1.29 is 23.1 Å². The number of carbonyl (C=O) groups excluding carboxylic acids is 1. The Labute approximate surface area is 142 Å². The number of aliphatic hydroxyl groups excluding tert-OH is 1. The Bertz CT molecular complexity index is 790. The molecule has 1 aliphatic rings. The molecule has 0 aliphatic carbocycles. The number of para-hydroxylation sites is 1. The predicted molar refractivity (Wildman–Crippen MR) is 88.1 cm³/mol. The zero-order chi connectivity index (χ0) is 18.0. The summed E-state index contributed by atoms with van der Waals surface area (Å²) in [5.74, 6) is -0.714. The summed E-state index contributed by atoms with van der Waals surface area (Å²) < 4.78 is 39.1. The van der Waals surface area contributed by atoms with E-state index < -0.39 is 18.3 Å². The van der Waals surface area contributed by atoms with Crippen LogP contribution in [0.5, 0.6) is 0 Å². The monoisotopic (exact) mass is 350 g/mol. The van der Waals surface area contributed by atoms with Crippen molar-refractivity contribution >= 4 is 17.3 Å². The molecule has 132 valence electrons. The fourth-order valence-corrected chi connectivity index (χ4v) is 2.93. The van der Waals surface area contributed by atoms with Gasteiger partial charge in [-0.25, -0.2) is 0 Å². The Morgan fingerprint density at radius 1 is 1.24 bits per heavy atom. The number of carbonyl (C=O) groups is 1. The maximum atomic E-state index is 13.0. The van der Waals surface area contributed by atoms with Gasteiger partial charge in [0.25, 0.3) is 0 Å². The van der Waals surface area contributed by atoms with Gasteiger partial charge in [0.2, 0.25) is 5.91 Å². The highest BCUT2D eigenvalue weighted by molar-refractivity contribution is 5.93. The number of fused-ring (bicyclic) bond motifs is 1. The summed E-state index contributed by atoms with van der Waals surface area (Å²) in [7, 11) is 0. The van der Waals surface area contributed by atoms with Crippen molar-refractivity contribution in [3.8, 4) is 0 Å². The molecule has 3 N–H and O–H groups in total. The molecular weight excluding hydrogens is 333 g/mol. The molecule has 0 saturated heterocycles. The van der Waals surface area contributed by atoms with Crippen molar-refractivity contribution in [2.75, 3.05) is 17.2 Å². The lowest BCUT2D eigenvalue weighted by molar-refractivity contribution is -0.138. The van der Waals surface area contributed by atoms with E-state index in [1.807, 2.05) is 24.3 Å². The van der Waals surface area contributed by atoms with Gasteiger partial charge < -0.3 is 15.7 Å². The van der Waals surface area contributed by atoms with Crippen molar-refractivity contribution in [2.24, 2.45) is 5.92 Å². The van der Waals surface area contributed by atoms with Crippen LogP contribution in [0.3, 0.4) is 0 Å². The van der Waals surface area contributed by atoms with Crippen molar-refractivity contribution in [3.63, 3.8) is 0 Å². The Hall–Kier alpha value is -2.54. The lowest BCUT2D eigenvalue weighted by Crippen LogP contribution is -2.33. The number of hydrogen-bond donors (Lipinski definition) is 3. The normalized spacial score (nSPS) is 16.7. The minimum absolute atomic E-state index is 0.0633. The van der Waals surface area contributed by atoms with Crippen LogP contribution in [0.25, 0.3) is 0 Å². The highest BCUT2D eigenvalue weighted by atomic mass is 19.4. The van der Waals surface area contributed by atoms with Gasteiger partial charge in [0.1, 0.15) is 0 Å². The van der Waals surface area contributed by atoms with Gasteiger partial charge in [-0.3, -0.25) is 4.79 Å². The highest BCUT2D eigenvalue weighted by Gasteiger charge is 2.33. The van der Waals surface area contributed by atoms with Crippen LogP contribution in [0.4, 0.5) is 24.5 Å². The first-order chi connectivity index (χ1) is 11.9. The summed E-state index contributed by atoms with van der Waals surface area (Å²) in [6.45, 7) is -0.296. The first-order valence-electron chi connectivity index (χ1n) is 7.82. The quantitative estimate of drug-likeness (QED) is 0.795. The van der Waals surface area contributed by atoms with Crippen LogP contribution in [0.1, 0.15) is 16.7 Å². The standard InChI is InChI=1S/C18H17F3N2O2/c19-18(20,21)15-8-14(6-5-12(15)10-24)23-17(25)13-7-11-3-1-2-4-16(11)22-9-13/h1-6,8,13,22,24H,7,9-10H2,(H,23,25). The maximum Gasteiger partial charge on any atom is 0.416 e. The molecule has 0 aromatic heterocycles. The molecule has 2 aromatic carbocycles. The van der Waals surface area contributed by atoms with Gasteiger partial charge in [-0.15, -0.1) is 0 Å². The largest absolute Gasteiger partial charge is 0.416 e. The van der Waals surface area contributed by atoms with Crippen LogP contribution in [-0.4, -0.2) is 17.6 Å². The Morgan fingerprint density at radius 2 is 2.00 bits per heavy atom. The second-order valence-corrected chi connectivity index (χ2v) is 5.96. The van der Waals surface area contributed by atoms with Crippen LogP contribution in [0.2, 0.25) is 0 Å². The van der Waals surface area contributed by atoms with E-state index in [2.05, 4.69) is 10.6 Å². The smallest absolute Gasteiger partial charge is 0.392 e. The third kappa shape index (κ3) is 3.76. The molecule has 25 heavy (non-hydrogen) atoms. The van der Waals surface area contributed by atoms with E-state index >= 15 is 0 Å². The lowest BCUT2D eigenvalue weighted by atomic mass is 9.93. The first kappa shape index (κ1) is 17.3. The third-order valence-electron chi connectivity index (χ3n) is 4.25. The van der Waals surface area contributed by atoms with Crippen molar-refractivity contribution in [2.45, 2.75) is 19.2 Å². The zero-order valence-electron chi connectivity index (χ0n) is 13.2. The average Bonchev–Trinajstić information content (AvgIpc) is 2.60. The van der Waals surface area contributed by atoms with Gasteiger partial charge in [-0.2, -0.15) is 13.2 Å². The number of benzene rings is 2. The minimum atomic E-state index is -4.59. The first-order valence-corrected chi connectivity index (χ1v) is 7.82. The van der Waals surface area contributed by atoms with E-state index in [1.54, 1.807) is 0 Å². The SMILES string of the molecule is O=C(Nc1ccc(CO)c(C(F)(F)F)c1)C1CNc2ccccc2C1. The molecule has 3 rings (SSSR count). The van der Waals surface area contributed by atoms with E-state index in [1.165, 1.54) is 12.1 Å². The number of nitrogens with one attached hydrogen (secondary N) is 2. The molecule has 0 bridgehead atoms. The molecule has 2 aromatic rings. The Kier molecular flexibility index (Phi) is 4.67.